The minimum Gasteiger partial charge on any atom is -0.456 e. The Morgan fingerprint density at radius 1 is 1.24 bits per heavy atom. The number of nitrogens with zero attached hydrogens (tertiary/aromatic N) is 2. The number of aromatic nitrogens is 2. The van der Waals surface area contributed by atoms with Gasteiger partial charge in [0.1, 0.15) is 6.61 Å². The Kier molecular flexibility index (Phi) is 4.21. The van der Waals surface area contributed by atoms with E-state index in [-0.39, 0.29) is 17.9 Å². The molecule has 21 heavy (non-hydrogen) atoms. The molecule has 0 aliphatic carbocycles. The zero-order chi connectivity index (χ0) is 15.5. The van der Waals surface area contributed by atoms with Gasteiger partial charge in [0.2, 0.25) is 0 Å². The molecule has 2 aromatic rings. The zero-order valence-electron chi connectivity index (χ0n) is 11.0. The number of hydrogen-bond acceptors (Lipinski definition) is 4. The molecular weight excluding hydrogens is 285 g/mol. The average molecular weight is 296 g/mol. The second kappa shape index (κ2) is 5.90. The summed E-state index contributed by atoms with van der Waals surface area (Å²) in [5.41, 5.74) is 0.112. The van der Waals surface area contributed by atoms with Crippen LogP contribution >= 0.6 is 0 Å². The fraction of sp³-hybridized carbons (Fsp3) is 0.214. The minimum atomic E-state index is -4.43. The van der Waals surface area contributed by atoms with E-state index in [1.54, 1.807) is 6.92 Å². The number of carbonyl (C=O) groups is 1. The van der Waals surface area contributed by atoms with Gasteiger partial charge in [0, 0.05) is 6.20 Å². The molecule has 1 aromatic heterocycles. The summed E-state index contributed by atoms with van der Waals surface area (Å²) in [6.07, 6.45) is -1.77. The molecule has 2 rings (SSSR count). The molecule has 0 bridgehead atoms. The van der Waals surface area contributed by atoms with Crippen LogP contribution in [-0.4, -0.2) is 15.9 Å². The first-order valence-corrected chi connectivity index (χ1v) is 5.98. The van der Waals surface area contributed by atoms with Crippen molar-refractivity contribution < 1.29 is 22.7 Å². The van der Waals surface area contributed by atoms with Gasteiger partial charge in [0.25, 0.3) is 0 Å². The Morgan fingerprint density at radius 2 is 2.00 bits per heavy atom. The van der Waals surface area contributed by atoms with Crippen LogP contribution in [0.2, 0.25) is 0 Å². The van der Waals surface area contributed by atoms with E-state index >= 15 is 0 Å². The summed E-state index contributed by atoms with van der Waals surface area (Å²) in [4.78, 5) is 19.4. The molecular formula is C14H11F3N2O2. The van der Waals surface area contributed by atoms with Crippen molar-refractivity contribution in [3.05, 3.63) is 59.2 Å². The van der Waals surface area contributed by atoms with Crippen molar-refractivity contribution >= 4 is 5.97 Å². The molecule has 1 heterocycles. The number of ether oxygens (including phenoxy) is 1. The zero-order valence-corrected chi connectivity index (χ0v) is 11.0. The van der Waals surface area contributed by atoms with Gasteiger partial charge in [-0.3, -0.25) is 4.98 Å². The molecule has 4 nitrogen and oxygen atoms in total. The summed E-state index contributed by atoms with van der Waals surface area (Å²) in [5.74, 6) is -0.736. The molecule has 0 saturated heterocycles. The van der Waals surface area contributed by atoms with E-state index in [0.29, 0.717) is 5.69 Å². The molecule has 0 aliphatic heterocycles. The Morgan fingerprint density at radius 3 is 2.62 bits per heavy atom. The third-order valence-electron chi connectivity index (χ3n) is 2.61. The first kappa shape index (κ1) is 15.0. The Bertz CT molecular complexity index is 639. The predicted octanol–water partition coefficient (Wildman–Crippen LogP) is 3.16. The van der Waals surface area contributed by atoms with Crippen LogP contribution in [0.25, 0.3) is 0 Å². The lowest BCUT2D eigenvalue weighted by atomic mass is 10.1. The van der Waals surface area contributed by atoms with E-state index in [1.165, 1.54) is 24.5 Å². The first-order valence-electron chi connectivity index (χ1n) is 5.98. The third-order valence-corrected chi connectivity index (χ3v) is 2.61. The van der Waals surface area contributed by atoms with Gasteiger partial charge in [0.05, 0.1) is 17.5 Å². The molecule has 0 unspecified atom stereocenters. The van der Waals surface area contributed by atoms with Crippen LogP contribution in [-0.2, 0) is 17.5 Å². The highest BCUT2D eigenvalue weighted by atomic mass is 19.4. The van der Waals surface area contributed by atoms with Crippen molar-refractivity contribution in [1.82, 2.24) is 9.97 Å². The Balaban J connectivity index is 2.03. The molecule has 0 N–H and O–H groups in total. The van der Waals surface area contributed by atoms with Crippen LogP contribution in [0.5, 0.6) is 0 Å². The predicted molar refractivity (Wildman–Crippen MR) is 67.3 cm³/mol. The van der Waals surface area contributed by atoms with Crippen molar-refractivity contribution in [2.75, 3.05) is 0 Å². The van der Waals surface area contributed by atoms with E-state index in [4.69, 9.17) is 4.74 Å². The van der Waals surface area contributed by atoms with Crippen LogP contribution in [0.4, 0.5) is 13.2 Å². The number of rotatable bonds is 3. The summed E-state index contributed by atoms with van der Waals surface area (Å²) in [6, 6.07) is 4.60. The highest BCUT2D eigenvalue weighted by Gasteiger charge is 2.30. The molecule has 0 radical (unpaired) electrons. The average Bonchev–Trinajstić information content (AvgIpc) is 2.45. The largest absolute Gasteiger partial charge is 0.456 e. The maximum absolute atomic E-state index is 12.5. The summed E-state index contributed by atoms with van der Waals surface area (Å²) < 4.78 is 42.5. The van der Waals surface area contributed by atoms with Gasteiger partial charge < -0.3 is 4.74 Å². The summed E-state index contributed by atoms with van der Waals surface area (Å²) in [7, 11) is 0. The molecule has 0 saturated carbocycles. The number of alkyl halides is 3. The topological polar surface area (TPSA) is 52.1 Å². The number of halogens is 3. The Hall–Kier alpha value is -2.44. The van der Waals surface area contributed by atoms with E-state index in [2.05, 4.69) is 9.97 Å². The third kappa shape index (κ3) is 4.01. The van der Waals surface area contributed by atoms with Crippen LogP contribution in [0.3, 0.4) is 0 Å². The molecule has 7 heteroatoms. The number of esters is 1. The Labute approximate surface area is 118 Å². The molecule has 0 aliphatic rings. The molecule has 0 fully saturated rings. The van der Waals surface area contributed by atoms with Gasteiger partial charge in [-0.2, -0.15) is 13.2 Å². The van der Waals surface area contributed by atoms with Crippen molar-refractivity contribution in [3.63, 3.8) is 0 Å². The van der Waals surface area contributed by atoms with Gasteiger partial charge in [-0.25, -0.2) is 9.78 Å². The lowest BCUT2D eigenvalue weighted by molar-refractivity contribution is -0.137. The highest BCUT2D eigenvalue weighted by molar-refractivity contribution is 5.86. The number of carbonyl (C=O) groups excluding carboxylic acids is 1. The van der Waals surface area contributed by atoms with E-state index in [9.17, 15) is 18.0 Å². The fourth-order valence-electron chi connectivity index (χ4n) is 1.56. The van der Waals surface area contributed by atoms with Crippen LogP contribution < -0.4 is 0 Å². The molecule has 0 spiro atoms. The van der Waals surface area contributed by atoms with Crippen molar-refractivity contribution in [2.45, 2.75) is 19.7 Å². The number of hydrogen-bond donors (Lipinski definition) is 0. The molecule has 0 amide bonds. The minimum absolute atomic E-state index is 0.00701. The number of benzene rings is 1. The standard InChI is InChI=1S/C14H11F3N2O2/c1-9-6-19-12(7-18-9)13(20)21-8-10-3-2-4-11(5-10)14(15,16)17/h2-7H,8H2,1H3. The smallest absolute Gasteiger partial charge is 0.416 e. The van der Waals surface area contributed by atoms with Gasteiger partial charge in [-0.1, -0.05) is 12.1 Å². The van der Waals surface area contributed by atoms with Crippen molar-refractivity contribution in [3.8, 4) is 0 Å². The van der Waals surface area contributed by atoms with Crippen molar-refractivity contribution in [2.24, 2.45) is 0 Å². The molecule has 0 atom stereocenters. The molecule has 110 valence electrons. The van der Waals surface area contributed by atoms with E-state index in [1.807, 2.05) is 0 Å². The monoisotopic (exact) mass is 296 g/mol. The lowest BCUT2D eigenvalue weighted by Crippen LogP contribution is -2.09. The normalized spacial score (nSPS) is 11.2. The maximum atomic E-state index is 12.5. The van der Waals surface area contributed by atoms with Crippen LogP contribution in [0.1, 0.15) is 27.3 Å². The van der Waals surface area contributed by atoms with Crippen LogP contribution in [0, 0.1) is 6.92 Å². The number of aryl methyl sites for hydroxylation is 1. The van der Waals surface area contributed by atoms with Gasteiger partial charge in [-0.05, 0) is 24.6 Å². The maximum Gasteiger partial charge on any atom is 0.416 e. The lowest BCUT2D eigenvalue weighted by Gasteiger charge is -2.09. The molecule has 1 aromatic carbocycles. The van der Waals surface area contributed by atoms with Gasteiger partial charge >= 0.3 is 12.1 Å². The van der Waals surface area contributed by atoms with E-state index in [0.717, 1.165) is 12.1 Å². The quantitative estimate of drug-likeness (QED) is 0.816. The van der Waals surface area contributed by atoms with Crippen LogP contribution in [0.15, 0.2) is 36.7 Å². The van der Waals surface area contributed by atoms with Crippen molar-refractivity contribution in [1.29, 1.82) is 0 Å². The second-order valence-corrected chi connectivity index (χ2v) is 4.32. The SMILES string of the molecule is Cc1cnc(C(=O)OCc2cccc(C(F)(F)F)c2)cn1. The van der Waals surface area contributed by atoms with E-state index < -0.39 is 17.7 Å². The van der Waals surface area contributed by atoms with Gasteiger partial charge in [-0.15, -0.1) is 0 Å². The van der Waals surface area contributed by atoms with Gasteiger partial charge in [0.15, 0.2) is 5.69 Å². The second-order valence-electron chi connectivity index (χ2n) is 4.32. The highest BCUT2D eigenvalue weighted by Crippen LogP contribution is 2.29. The summed E-state index contributed by atoms with van der Waals surface area (Å²) >= 11 is 0. The fourth-order valence-corrected chi connectivity index (χ4v) is 1.56. The summed E-state index contributed by atoms with van der Waals surface area (Å²) in [6.45, 7) is 1.45. The summed E-state index contributed by atoms with van der Waals surface area (Å²) in [5, 5.41) is 0. The first-order chi connectivity index (χ1) is 9.86.